The van der Waals surface area contributed by atoms with Crippen molar-refractivity contribution in [3.8, 4) is 5.75 Å². The number of alkyl halides is 3. The Labute approximate surface area is 139 Å². The largest absolute Gasteiger partial charge is 0.492 e. The fourth-order valence-electron chi connectivity index (χ4n) is 2.69. The van der Waals surface area contributed by atoms with Gasteiger partial charge < -0.3 is 15.4 Å². The molecule has 1 aliphatic rings. The van der Waals surface area contributed by atoms with Gasteiger partial charge in [-0.3, -0.25) is 4.79 Å². The summed E-state index contributed by atoms with van der Waals surface area (Å²) < 4.78 is 42.6. The van der Waals surface area contributed by atoms with Crippen LogP contribution >= 0.6 is 0 Å². The Kier molecular flexibility index (Phi) is 6.90. The van der Waals surface area contributed by atoms with Crippen LogP contribution in [0.4, 0.5) is 13.2 Å². The second kappa shape index (κ2) is 8.92. The van der Waals surface area contributed by atoms with E-state index in [1.807, 2.05) is 0 Å². The molecule has 0 aliphatic carbocycles. The smallest absolute Gasteiger partial charge is 0.416 e. The summed E-state index contributed by atoms with van der Waals surface area (Å²) in [6.07, 6.45) is -0.715. The second-order valence-electron chi connectivity index (χ2n) is 5.95. The van der Waals surface area contributed by atoms with Crippen LogP contribution in [0.1, 0.15) is 31.2 Å². The number of hydrogen-bond acceptors (Lipinski definition) is 3. The summed E-state index contributed by atoms with van der Waals surface area (Å²) in [5, 5.41) is 6.06. The van der Waals surface area contributed by atoms with Crippen LogP contribution in [0.15, 0.2) is 24.3 Å². The van der Waals surface area contributed by atoms with Crippen LogP contribution in [0.25, 0.3) is 0 Å². The van der Waals surface area contributed by atoms with Crippen LogP contribution in [0, 0.1) is 5.92 Å². The zero-order chi connectivity index (χ0) is 17.4. The minimum absolute atomic E-state index is 0.00967. The van der Waals surface area contributed by atoms with E-state index in [1.54, 1.807) is 0 Å². The van der Waals surface area contributed by atoms with Crippen LogP contribution in [0.5, 0.6) is 5.75 Å². The highest BCUT2D eigenvalue weighted by molar-refractivity contribution is 5.75. The monoisotopic (exact) mass is 344 g/mol. The molecule has 1 aromatic carbocycles. The van der Waals surface area contributed by atoms with Gasteiger partial charge in [-0.25, -0.2) is 0 Å². The van der Waals surface area contributed by atoms with E-state index in [1.165, 1.54) is 12.1 Å². The SMILES string of the molecule is O=C(CCC1CCNCC1)NCCOc1ccc(C(F)(F)F)cc1. The quantitative estimate of drug-likeness (QED) is 0.748. The predicted molar refractivity (Wildman–Crippen MR) is 84.8 cm³/mol. The van der Waals surface area contributed by atoms with Crippen molar-refractivity contribution in [2.24, 2.45) is 5.92 Å². The third kappa shape index (κ3) is 6.39. The van der Waals surface area contributed by atoms with Gasteiger partial charge in [-0.1, -0.05) is 0 Å². The normalized spacial score (nSPS) is 16.0. The number of nitrogens with one attached hydrogen (secondary N) is 2. The van der Waals surface area contributed by atoms with Crippen LogP contribution in [-0.4, -0.2) is 32.1 Å². The summed E-state index contributed by atoms with van der Waals surface area (Å²) in [4.78, 5) is 11.7. The van der Waals surface area contributed by atoms with Gasteiger partial charge in [0.1, 0.15) is 12.4 Å². The molecule has 0 unspecified atom stereocenters. The molecule has 0 atom stereocenters. The molecule has 7 heteroatoms. The van der Waals surface area contributed by atoms with Gasteiger partial charge in [0.05, 0.1) is 12.1 Å². The number of benzene rings is 1. The van der Waals surface area contributed by atoms with E-state index in [0.717, 1.165) is 44.5 Å². The molecule has 1 fully saturated rings. The van der Waals surface area contributed by atoms with Gasteiger partial charge in [-0.05, 0) is 62.5 Å². The maximum absolute atomic E-state index is 12.4. The lowest BCUT2D eigenvalue weighted by Crippen LogP contribution is -2.30. The number of amides is 1. The molecule has 4 nitrogen and oxygen atoms in total. The first kappa shape index (κ1) is 18.6. The van der Waals surface area contributed by atoms with Crippen LogP contribution in [0.2, 0.25) is 0 Å². The van der Waals surface area contributed by atoms with Crippen molar-refractivity contribution < 1.29 is 22.7 Å². The molecule has 0 aromatic heterocycles. The topological polar surface area (TPSA) is 50.4 Å². The number of carbonyl (C=O) groups is 1. The van der Waals surface area contributed by atoms with Crippen molar-refractivity contribution in [1.82, 2.24) is 10.6 Å². The Balaban J connectivity index is 1.59. The van der Waals surface area contributed by atoms with E-state index in [-0.39, 0.29) is 12.5 Å². The maximum atomic E-state index is 12.4. The van der Waals surface area contributed by atoms with Crippen LogP contribution in [0.3, 0.4) is 0 Å². The summed E-state index contributed by atoms with van der Waals surface area (Å²) in [5.41, 5.74) is -0.707. The van der Waals surface area contributed by atoms with E-state index >= 15 is 0 Å². The average molecular weight is 344 g/mol. The number of halogens is 3. The summed E-state index contributed by atoms with van der Waals surface area (Å²) in [6, 6.07) is 4.52. The summed E-state index contributed by atoms with van der Waals surface area (Å²) >= 11 is 0. The number of rotatable bonds is 7. The van der Waals surface area contributed by atoms with E-state index in [9.17, 15) is 18.0 Å². The van der Waals surface area contributed by atoms with E-state index in [4.69, 9.17) is 4.74 Å². The van der Waals surface area contributed by atoms with E-state index in [2.05, 4.69) is 10.6 Å². The molecule has 2 rings (SSSR count). The standard InChI is InChI=1S/C17H23F3N2O2/c18-17(19,20)14-2-4-15(5-3-14)24-12-11-22-16(23)6-1-13-7-9-21-10-8-13/h2-5,13,21H,1,6-12H2,(H,22,23). The molecular formula is C17H23F3N2O2. The first-order valence-corrected chi connectivity index (χ1v) is 8.22. The van der Waals surface area contributed by atoms with E-state index in [0.29, 0.717) is 24.6 Å². The third-order valence-electron chi connectivity index (χ3n) is 4.11. The van der Waals surface area contributed by atoms with Gasteiger partial charge in [0.15, 0.2) is 0 Å². The molecule has 1 aromatic rings. The average Bonchev–Trinajstić information content (AvgIpc) is 2.57. The molecular weight excluding hydrogens is 321 g/mol. The zero-order valence-electron chi connectivity index (χ0n) is 13.5. The molecule has 0 saturated carbocycles. The Morgan fingerprint density at radius 1 is 1.21 bits per heavy atom. The lowest BCUT2D eigenvalue weighted by molar-refractivity contribution is -0.137. The minimum atomic E-state index is -4.35. The maximum Gasteiger partial charge on any atom is 0.416 e. The highest BCUT2D eigenvalue weighted by Gasteiger charge is 2.29. The molecule has 1 aliphatic heterocycles. The molecule has 0 spiro atoms. The summed E-state index contributed by atoms with van der Waals surface area (Å²) in [7, 11) is 0. The number of piperidine rings is 1. The zero-order valence-corrected chi connectivity index (χ0v) is 13.5. The highest BCUT2D eigenvalue weighted by Crippen LogP contribution is 2.30. The van der Waals surface area contributed by atoms with Gasteiger partial charge in [-0.2, -0.15) is 13.2 Å². The lowest BCUT2D eigenvalue weighted by Gasteiger charge is -2.22. The Hall–Kier alpha value is -1.76. The summed E-state index contributed by atoms with van der Waals surface area (Å²) in [6.45, 7) is 2.61. The van der Waals surface area contributed by atoms with Gasteiger partial charge in [0.25, 0.3) is 0 Å². The first-order chi connectivity index (χ1) is 11.4. The molecule has 0 bridgehead atoms. The minimum Gasteiger partial charge on any atom is -0.492 e. The number of hydrogen-bond donors (Lipinski definition) is 2. The molecule has 1 heterocycles. The highest BCUT2D eigenvalue weighted by atomic mass is 19.4. The van der Waals surface area contributed by atoms with Crippen molar-refractivity contribution >= 4 is 5.91 Å². The van der Waals surface area contributed by atoms with Gasteiger partial charge in [0, 0.05) is 6.42 Å². The van der Waals surface area contributed by atoms with Gasteiger partial charge in [-0.15, -0.1) is 0 Å². The lowest BCUT2D eigenvalue weighted by atomic mass is 9.93. The molecule has 2 N–H and O–H groups in total. The molecule has 1 amide bonds. The van der Waals surface area contributed by atoms with E-state index < -0.39 is 11.7 Å². The second-order valence-corrected chi connectivity index (χ2v) is 5.95. The predicted octanol–water partition coefficient (Wildman–Crippen LogP) is 2.98. The van der Waals surface area contributed by atoms with Crippen molar-refractivity contribution in [2.45, 2.75) is 31.9 Å². The van der Waals surface area contributed by atoms with Crippen molar-refractivity contribution in [3.05, 3.63) is 29.8 Å². The van der Waals surface area contributed by atoms with Crippen LogP contribution in [-0.2, 0) is 11.0 Å². The fourth-order valence-corrected chi connectivity index (χ4v) is 2.69. The molecule has 0 radical (unpaired) electrons. The Bertz CT molecular complexity index is 512. The fraction of sp³-hybridized carbons (Fsp3) is 0.588. The Morgan fingerprint density at radius 3 is 2.50 bits per heavy atom. The van der Waals surface area contributed by atoms with Crippen molar-refractivity contribution in [2.75, 3.05) is 26.2 Å². The number of ether oxygens (including phenoxy) is 1. The number of carbonyl (C=O) groups excluding carboxylic acids is 1. The first-order valence-electron chi connectivity index (χ1n) is 8.22. The van der Waals surface area contributed by atoms with Gasteiger partial charge in [0.2, 0.25) is 5.91 Å². The molecule has 1 saturated heterocycles. The molecule has 134 valence electrons. The molecule has 24 heavy (non-hydrogen) atoms. The third-order valence-corrected chi connectivity index (χ3v) is 4.11. The van der Waals surface area contributed by atoms with Crippen molar-refractivity contribution in [3.63, 3.8) is 0 Å². The van der Waals surface area contributed by atoms with Gasteiger partial charge >= 0.3 is 6.18 Å². The van der Waals surface area contributed by atoms with Crippen LogP contribution < -0.4 is 15.4 Å². The van der Waals surface area contributed by atoms with Crippen molar-refractivity contribution in [1.29, 1.82) is 0 Å². The summed E-state index contributed by atoms with van der Waals surface area (Å²) in [5.74, 6) is 0.955. The Morgan fingerprint density at radius 2 is 1.88 bits per heavy atom.